The van der Waals surface area contributed by atoms with Crippen LogP contribution in [0.3, 0.4) is 0 Å². The number of hydrazine groups is 1. The fraction of sp³-hybridized carbons (Fsp3) is 0.174. The van der Waals surface area contributed by atoms with Gasteiger partial charge < -0.3 is 9.47 Å². The van der Waals surface area contributed by atoms with Crippen molar-refractivity contribution in [1.29, 1.82) is 0 Å². The molecule has 3 rings (SSSR count). The van der Waals surface area contributed by atoms with Crippen molar-refractivity contribution in [3.63, 3.8) is 0 Å². The van der Waals surface area contributed by atoms with E-state index < -0.39 is 5.91 Å². The van der Waals surface area contributed by atoms with Crippen LogP contribution in [0.25, 0.3) is 10.8 Å². The average molecular weight is 516 g/mol. The van der Waals surface area contributed by atoms with Crippen LogP contribution < -0.4 is 20.9 Å². The predicted molar refractivity (Wildman–Crippen MR) is 131 cm³/mol. The van der Waals surface area contributed by atoms with Crippen LogP contribution >= 0.6 is 28.1 Å². The van der Waals surface area contributed by atoms with Gasteiger partial charge in [-0.25, -0.2) is 0 Å². The molecule has 0 atom stereocenters. The van der Waals surface area contributed by atoms with Crippen molar-refractivity contribution in [2.45, 2.75) is 6.42 Å². The Kier molecular flexibility index (Phi) is 8.55. The van der Waals surface area contributed by atoms with E-state index in [0.29, 0.717) is 29.0 Å². The molecule has 0 unspecified atom stereocenters. The van der Waals surface area contributed by atoms with Crippen LogP contribution in [-0.4, -0.2) is 37.3 Å². The summed E-state index contributed by atoms with van der Waals surface area (Å²) in [5.41, 5.74) is 6.27. The number of carbonyl (C=O) groups excluding carboxylic acids is 2. The first kappa shape index (κ1) is 23.6. The molecular weight excluding hydrogens is 494 g/mol. The van der Waals surface area contributed by atoms with Gasteiger partial charge in [0.15, 0.2) is 5.11 Å². The summed E-state index contributed by atoms with van der Waals surface area (Å²) >= 11 is 8.49. The van der Waals surface area contributed by atoms with Crippen LogP contribution in [0.4, 0.5) is 0 Å². The van der Waals surface area contributed by atoms with Crippen LogP contribution in [0.1, 0.15) is 15.9 Å². The third kappa shape index (κ3) is 6.49. The minimum absolute atomic E-state index is 0.0379. The topological polar surface area (TPSA) is 88.7 Å². The van der Waals surface area contributed by atoms with Crippen LogP contribution in [0.2, 0.25) is 0 Å². The van der Waals surface area contributed by atoms with E-state index in [1.165, 1.54) is 0 Å². The molecular formula is C23H22BrN3O4S. The van der Waals surface area contributed by atoms with Gasteiger partial charge in [0.2, 0.25) is 5.91 Å². The maximum absolute atomic E-state index is 12.7. The SMILES string of the molecule is COCCOc1ccc(Br)cc1C(=O)NC(=S)NNC(=O)Cc1cccc2ccccc12. The Balaban J connectivity index is 1.56. The van der Waals surface area contributed by atoms with Crippen LogP contribution in [0, 0.1) is 0 Å². The number of hydrogen-bond donors (Lipinski definition) is 3. The summed E-state index contributed by atoms with van der Waals surface area (Å²) < 4.78 is 11.3. The molecule has 3 aromatic rings. The van der Waals surface area contributed by atoms with Gasteiger partial charge in [-0.15, -0.1) is 0 Å². The molecule has 0 radical (unpaired) electrons. The number of halogens is 1. The van der Waals surface area contributed by atoms with E-state index in [1.54, 1.807) is 25.3 Å². The smallest absolute Gasteiger partial charge is 0.261 e. The molecule has 0 aromatic heterocycles. The van der Waals surface area contributed by atoms with Crippen molar-refractivity contribution in [3.05, 3.63) is 76.3 Å². The van der Waals surface area contributed by atoms with Gasteiger partial charge in [-0.2, -0.15) is 0 Å². The average Bonchev–Trinajstić information content (AvgIpc) is 2.79. The fourth-order valence-electron chi connectivity index (χ4n) is 3.03. The maximum atomic E-state index is 12.7. The Morgan fingerprint density at radius 2 is 1.78 bits per heavy atom. The summed E-state index contributed by atoms with van der Waals surface area (Å²) in [7, 11) is 1.57. The van der Waals surface area contributed by atoms with E-state index in [2.05, 4.69) is 32.1 Å². The van der Waals surface area contributed by atoms with Gasteiger partial charge in [-0.3, -0.25) is 25.8 Å². The molecule has 0 fully saturated rings. The number of ether oxygens (including phenoxy) is 2. The summed E-state index contributed by atoms with van der Waals surface area (Å²) in [4.78, 5) is 25.0. The van der Waals surface area contributed by atoms with Gasteiger partial charge >= 0.3 is 0 Å². The maximum Gasteiger partial charge on any atom is 0.261 e. The van der Waals surface area contributed by atoms with Gasteiger partial charge in [0.25, 0.3) is 5.91 Å². The van der Waals surface area contributed by atoms with E-state index >= 15 is 0 Å². The number of amides is 2. The number of thiocarbonyl (C=S) groups is 1. The standard InChI is InChI=1S/C23H22BrN3O4S/c1-30-11-12-31-20-10-9-17(24)14-19(20)22(29)25-23(32)27-26-21(28)13-16-7-4-6-15-5-2-3-8-18(15)16/h2-10,14H,11-13H2,1H3,(H,26,28)(H2,25,27,29,32). The molecule has 3 aromatic carbocycles. The second-order valence-electron chi connectivity index (χ2n) is 6.75. The molecule has 0 saturated heterocycles. The first-order valence-corrected chi connectivity index (χ1v) is 11.0. The third-order valence-corrected chi connectivity index (χ3v) is 5.20. The Bertz CT molecular complexity index is 1130. The predicted octanol–water partition coefficient (Wildman–Crippen LogP) is 3.51. The van der Waals surface area contributed by atoms with Crippen LogP contribution in [0.15, 0.2) is 65.1 Å². The minimum atomic E-state index is -0.473. The molecule has 9 heteroatoms. The van der Waals surface area contributed by atoms with Crippen LogP contribution in [0.5, 0.6) is 5.75 Å². The Morgan fingerprint density at radius 1 is 1.00 bits per heavy atom. The number of rotatable bonds is 7. The van der Waals surface area contributed by atoms with Crippen molar-refractivity contribution in [2.75, 3.05) is 20.3 Å². The Labute approximate surface area is 199 Å². The van der Waals surface area contributed by atoms with Crippen molar-refractivity contribution in [3.8, 4) is 5.75 Å². The summed E-state index contributed by atoms with van der Waals surface area (Å²) in [6.07, 6.45) is 0.161. The summed E-state index contributed by atoms with van der Waals surface area (Å²) in [5.74, 6) is -0.367. The number of methoxy groups -OCH3 is 1. The number of fused-ring (bicyclic) bond motifs is 1. The van der Waals surface area contributed by atoms with E-state index in [0.717, 1.165) is 16.3 Å². The highest BCUT2D eigenvalue weighted by Gasteiger charge is 2.15. The molecule has 3 N–H and O–H groups in total. The molecule has 166 valence electrons. The molecule has 0 aliphatic carbocycles. The van der Waals surface area contributed by atoms with E-state index in [9.17, 15) is 9.59 Å². The zero-order chi connectivity index (χ0) is 22.9. The lowest BCUT2D eigenvalue weighted by atomic mass is 10.0. The molecule has 0 aliphatic heterocycles. The summed E-state index contributed by atoms with van der Waals surface area (Å²) in [6, 6.07) is 18.7. The first-order chi connectivity index (χ1) is 15.5. The molecule has 2 amide bonds. The number of benzene rings is 3. The Hall–Kier alpha value is -3.01. The highest BCUT2D eigenvalue weighted by Crippen LogP contribution is 2.23. The van der Waals surface area contributed by atoms with Gasteiger partial charge in [0.1, 0.15) is 12.4 Å². The van der Waals surface area contributed by atoms with Gasteiger partial charge in [-0.05, 0) is 46.8 Å². The zero-order valence-corrected chi connectivity index (χ0v) is 19.7. The van der Waals surface area contributed by atoms with Crippen molar-refractivity contribution < 1.29 is 19.1 Å². The molecule has 0 saturated carbocycles. The summed E-state index contributed by atoms with van der Waals surface area (Å²) in [5, 5.41) is 4.57. The zero-order valence-electron chi connectivity index (χ0n) is 17.3. The van der Waals surface area contributed by atoms with Crippen molar-refractivity contribution in [1.82, 2.24) is 16.2 Å². The lowest BCUT2D eigenvalue weighted by Gasteiger charge is -2.14. The van der Waals surface area contributed by atoms with Gasteiger partial charge in [0, 0.05) is 11.6 Å². The minimum Gasteiger partial charge on any atom is -0.490 e. The normalized spacial score (nSPS) is 10.4. The Morgan fingerprint density at radius 3 is 2.59 bits per heavy atom. The van der Waals surface area contributed by atoms with Crippen molar-refractivity contribution >= 4 is 55.8 Å². The second kappa shape index (κ2) is 11.6. The van der Waals surface area contributed by atoms with E-state index in [4.69, 9.17) is 21.7 Å². The quantitative estimate of drug-likeness (QED) is 0.253. The molecule has 0 aliphatic rings. The van der Waals surface area contributed by atoms with Crippen molar-refractivity contribution in [2.24, 2.45) is 0 Å². The number of nitrogens with one attached hydrogen (secondary N) is 3. The van der Waals surface area contributed by atoms with Gasteiger partial charge in [-0.1, -0.05) is 58.4 Å². The lowest BCUT2D eigenvalue weighted by molar-refractivity contribution is -0.121. The number of hydrogen-bond acceptors (Lipinski definition) is 5. The highest BCUT2D eigenvalue weighted by molar-refractivity contribution is 9.10. The number of carbonyl (C=O) groups is 2. The highest BCUT2D eigenvalue weighted by atomic mass is 79.9. The summed E-state index contributed by atoms with van der Waals surface area (Å²) in [6.45, 7) is 0.686. The van der Waals surface area contributed by atoms with Crippen LogP contribution in [-0.2, 0) is 16.0 Å². The molecule has 0 heterocycles. The first-order valence-electron chi connectivity index (χ1n) is 9.76. The lowest BCUT2D eigenvalue weighted by Crippen LogP contribution is -2.48. The molecule has 0 bridgehead atoms. The van der Waals surface area contributed by atoms with E-state index in [1.807, 2.05) is 42.5 Å². The third-order valence-electron chi connectivity index (χ3n) is 4.50. The molecule has 0 spiro atoms. The monoisotopic (exact) mass is 515 g/mol. The molecule has 32 heavy (non-hydrogen) atoms. The van der Waals surface area contributed by atoms with E-state index in [-0.39, 0.29) is 17.4 Å². The van der Waals surface area contributed by atoms with Gasteiger partial charge in [0.05, 0.1) is 18.6 Å². The largest absolute Gasteiger partial charge is 0.490 e. The fourth-order valence-corrected chi connectivity index (χ4v) is 3.54. The second-order valence-corrected chi connectivity index (χ2v) is 8.08. The molecule has 7 nitrogen and oxygen atoms in total.